The van der Waals surface area contributed by atoms with Gasteiger partial charge in [-0.05, 0) is 37.1 Å². The van der Waals surface area contributed by atoms with E-state index < -0.39 is 5.97 Å². The predicted octanol–water partition coefficient (Wildman–Crippen LogP) is 2.53. The van der Waals surface area contributed by atoms with Crippen molar-refractivity contribution >= 4 is 23.6 Å². The number of hydrogen-bond donors (Lipinski definition) is 2. The predicted molar refractivity (Wildman–Crippen MR) is 76.2 cm³/mol. The molecule has 110 valence electrons. The Bertz CT molecular complexity index is 450. The number of benzene rings is 1. The van der Waals surface area contributed by atoms with Gasteiger partial charge in [0.2, 0.25) is 5.91 Å². The molecular weight excluding hydrogens is 281 g/mol. The van der Waals surface area contributed by atoms with Crippen molar-refractivity contribution in [3.63, 3.8) is 0 Å². The maximum atomic E-state index is 12.7. The van der Waals surface area contributed by atoms with Crippen molar-refractivity contribution in [2.75, 3.05) is 12.3 Å². The number of carbonyl (C=O) groups excluding carboxylic acids is 1. The zero-order valence-electron chi connectivity index (χ0n) is 11.3. The molecule has 0 heterocycles. The third-order valence-corrected chi connectivity index (χ3v) is 3.75. The summed E-state index contributed by atoms with van der Waals surface area (Å²) in [7, 11) is 0. The molecule has 1 atom stereocenters. The summed E-state index contributed by atoms with van der Waals surface area (Å²) < 4.78 is 12.7. The van der Waals surface area contributed by atoms with E-state index in [2.05, 4.69) is 5.32 Å². The number of thioether (sulfide) groups is 1. The molecule has 1 aromatic rings. The van der Waals surface area contributed by atoms with Gasteiger partial charge in [0.15, 0.2) is 0 Å². The number of hydrogen-bond acceptors (Lipinski definition) is 3. The van der Waals surface area contributed by atoms with Gasteiger partial charge in [-0.15, -0.1) is 11.8 Å². The fourth-order valence-corrected chi connectivity index (χ4v) is 2.22. The number of carboxylic acids is 1. The molecule has 6 heteroatoms. The van der Waals surface area contributed by atoms with Gasteiger partial charge in [0, 0.05) is 11.4 Å². The van der Waals surface area contributed by atoms with E-state index in [0.717, 1.165) is 4.90 Å². The number of amides is 1. The molecule has 0 bridgehead atoms. The zero-order chi connectivity index (χ0) is 15.0. The molecule has 0 aliphatic rings. The monoisotopic (exact) mass is 299 g/mol. The van der Waals surface area contributed by atoms with E-state index in [0.29, 0.717) is 19.4 Å². The van der Waals surface area contributed by atoms with Crippen LogP contribution in [0.1, 0.15) is 19.8 Å². The van der Waals surface area contributed by atoms with E-state index >= 15 is 0 Å². The summed E-state index contributed by atoms with van der Waals surface area (Å²) in [4.78, 5) is 23.0. The van der Waals surface area contributed by atoms with Gasteiger partial charge in [-0.3, -0.25) is 9.59 Å². The van der Waals surface area contributed by atoms with Crippen molar-refractivity contribution in [2.45, 2.75) is 24.7 Å². The Hall–Kier alpha value is -1.56. The van der Waals surface area contributed by atoms with Crippen LogP contribution in [0.4, 0.5) is 4.39 Å². The molecule has 0 aliphatic heterocycles. The van der Waals surface area contributed by atoms with Crippen LogP contribution in [0.2, 0.25) is 0 Å². The number of halogens is 1. The van der Waals surface area contributed by atoms with Crippen molar-refractivity contribution < 1.29 is 19.1 Å². The molecule has 0 aliphatic carbocycles. The second kappa shape index (κ2) is 8.58. The molecule has 1 unspecified atom stereocenters. The van der Waals surface area contributed by atoms with Crippen LogP contribution < -0.4 is 5.32 Å². The smallest absolute Gasteiger partial charge is 0.306 e. The van der Waals surface area contributed by atoms with E-state index in [1.54, 1.807) is 19.1 Å². The molecule has 1 aromatic carbocycles. The second-order valence-electron chi connectivity index (χ2n) is 4.47. The fourth-order valence-electron chi connectivity index (χ4n) is 1.49. The van der Waals surface area contributed by atoms with Crippen LogP contribution in [0, 0.1) is 11.7 Å². The van der Waals surface area contributed by atoms with E-state index in [9.17, 15) is 14.0 Å². The van der Waals surface area contributed by atoms with Crippen LogP contribution in [0.25, 0.3) is 0 Å². The molecule has 0 radical (unpaired) electrons. The lowest BCUT2D eigenvalue weighted by molar-refractivity contribution is -0.141. The number of nitrogens with one attached hydrogen (secondary N) is 1. The minimum Gasteiger partial charge on any atom is -0.481 e. The average Bonchev–Trinajstić information content (AvgIpc) is 2.42. The SMILES string of the molecule is CC(CCCNC(=O)CSc1ccc(F)cc1)C(=O)O. The minimum absolute atomic E-state index is 0.109. The lowest BCUT2D eigenvalue weighted by Gasteiger charge is -2.07. The Kier molecular flexibility index (Phi) is 7.08. The van der Waals surface area contributed by atoms with Crippen LogP contribution in [-0.2, 0) is 9.59 Å². The standard InChI is InChI=1S/C14H18FNO3S/c1-10(14(18)19)3-2-8-16-13(17)9-20-12-6-4-11(15)5-7-12/h4-7,10H,2-3,8-9H2,1H3,(H,16,17)(H,18,19). The first kappa shape index (κ1) is 16.5. The van der Waals surface area contributed by atoms with Crippen LogP contribution in [0.15, 0.2) is 29.2 Å². The van der Waals surface area contributed by atoms with Crippen molar-refractivity contribution in [3.8, 4) is 0 Å². The molecule has 1 amide bonds. The number of aliphatic carboxylic acids is 1. The summed E-state index contributed by atoms with van der Waals surface area (Å²) >= 11 is 1.33. The highest BCUT2D eigenvalue weighted by Gasteiger charge is 2.10. The largest absolute Gasteiger partial charge is 0.481 e. The molecular formula is C14H18FNO3S. The highest BCUT2D eigenvalue weighted by atomic mass is 32.2. The molecule has 20 heavy (non-hydrogen) atoms. The fraction of sp³-hybridized carbons (Fsp3) is 0.429. The van der Waals surface area contributed by atoms with Crippen LogP contribution >= 0.6 is 11.8 Å². The quantitative estimate of drug-likeness (QED) is 0.572. The molecule has 4 nitrogen and oxygen atoms in total. The number of rotatable bonds is 8. The van der Waals surface area contributed by atoms with Gasteiger partial charge in [0.25, 0.3) is 0 Å². The van der Waals surface area contributed by atoms with Gasteiger partial charge < -0.3 is 10.4 Å². The van der Waals surface area contributed by atoms with Crippen molar-refractivity contribution in [1.29, 1.82) is 0 Å². The third-order valence-electron chi connectivity index (χ3n) is 2.74. The van der Waals surface area contributed by atoms with Crippen LogP contribution in [0.3, 0.4) is 0 Å². The zero-order valence-corrected chi connectivity index (χ0v) is 12.1. The first-order chi connectivity index (χ1) is 9.49. The molecule has 0 spiro atoms. The van der Waals surface area contributed by atoms with Gasteiger partial charge >= 0.3 is 5.97 Å². The van der Waals surface area contributed by atoms with Crippen LogP contribution in [0.5, 0.6) is 0 Å². The Morgan fingerprint density at radius 3 is 2.60 bits per heavy atom. The highest BCUT2D eigenvalue weighted by molar-refractivity contribution is 8.00. The Morgan fingerprint density at radius 2 is 2.00 bits per heavy atom. The number of carbonyl (C=O) groups is 2. The van der Waals surface area contributed by atoms with Crippen molar-refractivity contribution in [2.24, 2.45) is 5.92 Å². The number of carboxylic acid groups (broad SMARTS) is 1. The van der Waals surface area contributed by atoms with Crippen molar-refractivity contribution in [1.82, 2.24) is 5.32 Å². The van der Waals surface area contributed by atoms with E-state index in [1.807, 2.05) is 0 Å². The normalized spacial score (nSPS) is 11.9. The Balaban J connectivity index is 2.14. The van der Waals surface area contributed by atoms with Gasteiger partial charge in [-0.25, -0.2) is 4.39 Å². The highest BCUT2D eigenvalue weighted by Crippen LogP contribution is 2.17. The summed E-state index contributed by atoms with van der Waals surface area (Å²) in [6.45, 7) is 2.12. The van der Waals surface area contributed by atoms with E-state index in [-0.39, 0.29) is 23.4 Å². The van der Waals surface area contributed by atoms with Gasteiger partial charge in [0.05, 0.1) is 11.7 Å². The Labute approximate surface area is 121 Å². The summed E-state index contributed by atoms with van der Waals surface area (Å²) in [6, 6.07) is 5.96. The second-order valence-corrected chi connectivity index (χ2v) is 5.52. The lowest BCUT2D eigenvalue weighted by Crippen LogP contribution is -2.26. The first-order valence-electron chi connectivity index (χ1n) is 6.37. The van der Waals surface area contributed by atoms with Gasteiger partial charge in [-0.2, -0.15) is 0 Å². The van der Waals surface area contributed by atoms with E-state index in [4.69, 9.17) is 5.11 Å². The van der Waals surface area contributed by atoms with E-state index in [1.165, 1.54) is 23.9 Å². The lowest BCUT2D eigenvalue weighted by atomic mass is 10.1. The third kappa shape index (κ3) is 6.56. The Morgan fingerprint density at radius 1 is 1.35 bits per heavy atom. The molecule has 0 fully saturated rings. The maximum absolute atomic E-state index is 12.7. The summed E-state index contributed by atoms with van der Waals surface area (Å²) in [5.41, 5.74) is 0. The van der Waals surface area contributed by atoms with Gasteiger partial charge in [-0.1, -0.05) is 6.92 Å². The average molecular weight is 299 g/mol. The van der Waals surface area contributed by atoms with Crippen molar-refractivity contribution in [3.05, 3.63) is 30.1 Å². The molecule has 0 saturated heterocycles. The first-order valence-corrected chi connectivity index (χ1v) is 7.35. The summed E-state index contributed by atoms with van der Waals surface area (Å²) in [5, 5.41) is 11.4. The van der Waals surface area contributed by atoms with Gasteiger partial charge in [0.1, 0.15) is 5.82 Å². The molecule has 0 saturated carbocycles. The minimum atomic E-state index is -0.816. The topological polar surface area (TPSA) is 66.4 Å². The molecule has 2 N–H and O–H groups in total. The maximum Gasteiger partial charge on any atom is 0.306 e. The molecule has 0 aromatic heterocycles. The van der Waals surface area contributed by atoms with Crippen LogP contribution in [-0.4, -0.2) is 29.3 Å². The summed E-state index contributed by atoms with van der Waals surface area (Å²) in [6.07, 6.45) is 1.18. The molecule has 1 rings (SSSR count). The summed E-state index contributed by atoms with van der Waals surface area (Å²) in [5.74, 6) is -1.35.